The van der Waals surface area contributed by atoms with E-state index in [1.165, 1.54) is 6.07 Å². The van der Waals surface area contributed by atoms with Gasteiger partial charge in [0.2, 0.25) is 0 Å². The maximum atomic E-state index is 13.8. The van der Waals surface area contributed by atoms with E-state index in [2.05, 4.69) is 11.1 Å². The number of rotatable bonds is 2. The summed E-state index contributed by atoms with van der Waals surface area (Å²) in [5, 5.41) is 0.450. The van der Waals surface area contributed by atoms with Crippen LogP contribution in [0.3, 0.4) is 0 Å². The zero-order valence-electron chi connectivity index (χ0n) is 12.4. The summed E-state index contributed by atoms with van der Waals surface area (Å²) in [5.74, 6) is -0.426. The smallest absolute Gasteiger partial charge is 0.270 e. The number of aromatic nitrogens is 1. The summed E-state index contributed by atoms with van der Waals surface area (Å²) in [5.41, 5.74) is 3.34. The Morgan fingerprint density at radius 3 is 2.70 bits per heavy atom. The number of fused-ring (bicyclic) bond motifs is 1. The van der Waals surface area contributed by atoms with Crippen molar-refractivity contribution in [2.75, 3.05) is 13.1 Å². The molecule has 0 atom stereocenters. The molecule has 2 aromatic carbocycles. The molecule has 0 fully saturated rings. The third kappa shape index (κ3) is 2.42. The van der Waals surface area contributed by atoms with Crippen LogP contribution in [0.1, 0.15) is 16.1 Å². The molecule has 0 spiro atoms. The first-order chi connectivity index (χ1) is 11.2. The predicted octanol–water partition coefficient (Wildman–Crippen LogP) is 3.85. The highest BCUT2D eigenvalue weighted by Crippen LogP contribution is 2.24. The van der Waals surface area contributed by atoms with Crippen LogP contribution in [0.15, 0.2) is 60.7 Å². The molecule has 0 aliphatic carbocycles. The van der Waals surface area contributed by atoms with E-state index in [4.69, 9.17) is 0 Å². The Bertz CT molecular complexity index is 912. The average molecular weight is 306 g/mol. The van der Waals surface area contributed by atoms with Gasteiger partial charge in [-0.05, 0) is 29.3 Å². The van der Waals surface area contributed by atoms with Crippen LogP contribution >= 0.6 is 0 Å². The minimum atomic E-state index is -0.317. The first-order valence-corrected chi connectivity index (χ1v) is 7.53. The van der Waals surface area contributed by atoms with Gasteiger partial charge < -0.3 is 9.88 Å². The number of halogens is 1. The minimum Gasteiger partial charge on any atom is -0.350 e. The normalized spacial score (nSPS) is 14.3. The summed E-state index contributed by atoms with van der Waals surface area (Å²) in [6.45, 7) is 1.14. The molecule has 1 N–H and O–H groups in total. The van der Waals surface area contributed by atoms with Gasteiger partial charge in [-0.25, -0.2) is 4.39 Å². The molecule has 3 aromatic rings. The fourth-order valence-corrected chi connectivity index (χ4v) is 2.97. The molecule has 0 saturated carbocycles. The quantitative estimate of drug-likeness (QED) is 0.767. The second-order valence-electron chi connectivity index (χ2n) is 5.67. The Kier molecular flexibility index (Phi) is 3.23. The Labute approximate surface area is 133 Å². The number of carbonyl (C=O) groups excluding carboxylic acids is 1. The van der Waals surface area contributed by atoms with Crippen molar-refractivity contribution in [1.82, 2.24) is 9.88 Å². The molecule has 114 valence electrons. The van der Waals surface area contributed by atoms with E-state index in [9.17, 15) is 9.18 Å². The topological polar surface area (TPSA) is 36.1 Å². The molecule has 0 radical (unpaired) electrons. The standard InChI is InChI=1S/C19H15FN2O/c20-16-7-4-8-17-15(16)11-18(21-17)19(23)22-10-9-14(12-22)13-5-2-1-3-6-13/h1-9,11,21H,10,12H2. The second-order valence-corrected chi connectivity index (χ2v) is 5.67. The van der Waals surface area contributed by atoms with Gasteiger partial charge >= 0.3 is 0 Å². The van der Waals surface area contributed by atoms with Gasteiger partial charge in [0, 0.05) is 24.0 Å². The van der Waals surface area contributed by atoms with Gasteiger partial charge in [-0.15, -0.1) is 0 Å². The Morgan fingerprint density at radius 2 is 1.91 bits per heavy atom. The van der Waals surface area contributed by atoms with E-state index in [1.54, 1.807) is 23.1 Å². The zero-order valence-corrected chi connectivity index (χ0v) is 12.4. The fourth-order valence-electron chi connectivity index (χ4n) is 2.97. The molecular weight excluding hydrogens is 291 g/mol. The van der Waals surface area contributed by atoms with Crippen LogP contribution in [0, 0.1) is 5.82 Å². The van der Waals surface area contributed by atoms with E-state index in [0.717, 1.165) is 11.1 Å². The highest BCUT2D eigenvalue weighted by atomic mass is 19.1. The van der Waals surface area contributed by atoms with Gasteiger partial charge in [-0.1, -0.05) is 42.5 Å². The molecule has 3 nitrogen and oxygen atoms in total. The summed E-state index contributed by atoms with van der Waals surface area (Å²) in [7, 11) is 0. The van der Waals surface area contributed by atoms with Crippen molar-refractivity contribution in [1.29, 1.82) is 0 Å². The zero-order chi connectivity index (χ0) is 15.8. The lowest BCUT2D eigenvalue weighted by atomic mass is 10.1. The number of benzene rings is 2. The SMILES string of the molecule is O=C(c1cc2c(F)cccc2[nH]1)N1CC=C(c2ccccc2)C1. The molecule has 4 heteroatoms. The molecule has 4 rings (SSSR count). The van der Waals surface area contributed by atoms with Gasteiger partial charge in [0.1, 0.15) is 11.5 Å². The van der Waals surface area contributed by atoms with Crippen molar-refractivity contribution < 1.29 is 9.18 Å². The summed E-state index contributed by atoms with van der Waals surface area (Å²) in [4.78, 5) is 17.4. The molecule has 1 aliphatic heterocycles. The van der Waals surface area contributed by atoms with Gasteiger partial charge in [0.05, 0.1) is 0 Å². The number of hydrogen-bond acceptors (Lipinski definition) is 1. The van der Waals surface area contributed by atoms with Crippen molar-refractivity contribution in [3.05, 3.63) is 77.7 Å². The van der Waals surface area contributed by atoms with Crippen LogP contribution in [-0.2, 0) is 0 Å². The van der Waals surface area contributed by atoms with E-state index >= 15 is 0 Å². The van der Waals surface area contributed by atoms with Gasteiger partial charge in [0.25, 0.3) is 5.91 Å². The molecule has 0 bridgehead atoms. The maximum absolute atomic E-state index is 13.8. The lowest BCUT2D eigenvalue weighted by Gasteiger charge is -2.15. The third-order valence-electron chi connectivity index (χ3n) is 4.19. The van der Waals surface area contributed by atoms with Crippen molar-refractivity contribution in [3.8, 4) is 0 Å². The van der Waals surface area contributed by atoms with Gasteiger partial charge in [-0.3, -0.25) is 4.79 Å². The first-order valence-electron chi connectivity index (χ1n) is 7.53. The van der Waals surface area contributed by atoms with Gasteiger partial charge in [0.15, 0.2) is 0 Å². The third-order valence-corrected chi connectivity index (χ3v) is 4.19. The van der Waals surface area contributed by atoms with Crippen LogP contribution in [0.5, 0.6) is 0 Å². The second kappa shape index (κ2) is 5.39. The minimum absolute atomic E-state index is 0.109. The molecule has 0 unspecified atom stereocenters. The Hall–Kier alpha value is -2.88. The first kappa shape index (κ1) is 13.8. The van der Waals surface area contributed by atoms with Crippen molar-refractivity contribution in [2.24, 2.45) is 0 Å². The maximum Gasteiger partial charge on any atom is 0.270 e. The van der Waals surface area contributed by atoms with Crippen molar-refractivity contribution >= 4 is 22.4 Å². The molecule has 1 aliphatic rings. The molecular formula is C19H15FN2O. The van der Waals surface area contributed by atoms with E-state index in [1.807, 2.05) is 30.3 Å². The summed E-state index contributed by atoms with van der Waals surface area (Å²) >= 11 is 0. The van der Waals surface area contributed by atoms with E-state index in [0.29, 0.717) is 29.7 Å². The number of H-pyrrole nitrogens is 1. The largest absolute Gasteiger partial charge is 0.350 e. The number of nitrogens with one attached hydrogen (secondary N) is 1. The van der Waals surface area contributed by atoms with Crippen molar-refractivity contribution in [3.63, 3.8) is 0 Å². The lowest BCUT2D eigenvalue weighted by molar-refractivity contribution is 0.0797. The number of amides is 1. The lowest BCUT2D eigenvalue weighted by Crippen LogP contribution is -2.29. The Morgan fingerprint density at radius 1 is 1.09 bits per heavy atom. The molecule has 1 amide bonds. The summed E-state index contributed by atoms with van der Waals surface area (Å²) in [6, 6.07) is 16.4. The van der Waals surface area contributed by atoms with Crippen LogP contribution in [-0.4, -0.2) is 28.9 Å². The molecule has 0 saturated heterocycles. The number of aromatic amines is 1. The van der Waals surface area contributed by atoms with Crippen molar-refractivity contribution in [2.45, 2.75) is 0 Å². The number of nitrogens with zero attached hydrogens (tertiary/aromatic N) is 1. The highest BCUT2D eigenvalue weighted by molar-refractivity contribution is 5.99. The fraction of sp³-hybridized carbons (Fsp3) is 0.105. The van der Waals surface area contributed by atoms with Crippen LogP contribution < -0.4 is 0 Å². The number of carbonyl (C=O) groups is 1. The molecule has 1 aromatic heterocycles. The van der Waals surface area contributed by atoms with Crippen LogP contribution in [0.2, 0.25) is 0 Å². The molecule has 2 heterocycles. The molecule has 23 heavy (non-hydrogen) atoms. The number of hydrogen-bond donors (Lipinski definition) is 1. The van der Waals surface area contributed by atoms with Crippen LogP contribution in [0.25, 0.3) is 16.5 Å². The average Bonchev–Trinajstić information content (AvgIpc) is 3.23. The summed E-state index contributed by atoms with van der Waals surface area (Å²) in [6.07, 6.45) is 2.07. The van der Waals surface area contributed by atoms with Gasteiger partial charge in [-0.2, -0.15) is 0 Å². The van der Waals surface area contributed by atoms with Crippen LogP contribution in [0.4, 0.5) is 4.39 Å². The monoisotopic (exact) mass is 306 g/mol. The summed E-state index contributed by atoms with van der Waals surface area (Å²) < 4.78 is 13.8. The Balaban J connectivity index is 1.57. The highest BCUT2D eigenvalue weighted by Gasteiger charge is 2.23. The van der Waals surface area contributed by atoms with E-state index < -0.39 is 0 Å². The predicted molar refractivity (Wildman–Crippen MR) is 88.6 cm³/mol. The van der Waals surface area contributed by atoms with E-state index in [-0.39, 0.29) is 11.7 Å².